The molecule has 0 aromatic rings. The molecule has 12 heteroatoms. The predicted molar refractivity (Wildman–Crippen MR) is 138 cm³/mol. The fourth-order valence-corrected chi connectivity index (χ4v) is 8.44. The third-order valence-electron chi connectivity index (χ3n) is 10.7. The van der Waals surface area contributed by atoms with Gasteiger partial charge in [0.05, 0.1) is 18.4 Å². The number of nitrogens with one attached hydrogen (secondary N) is 5. The van der Waals surface area contributed by atoms with Gasteiger partial charge in [0.2, 0.25) is 0 Å². The summed E-state index contributed by atoms with van der Waals surface area (Å²) in [7, 11) is 5.62. The zero-order valence-electron chi connectivity index (χ0n) is 22.9. The number of halogens is 3. The minimum Gasteiger partial charge on any atom is -0.366 e. The Balaban J connectivity index is 1.13. The summed E-state index contributed by atoms with van der Waals surface area (Å²) in [5, 5.41) is 23.1. The molecule has 2 saturated carbocycles. The van der Waals surface area contributed by atoms with Crippen molar-refractivity contribution in [2.45, 2.75) is 99.9 Å². The average molecular weight is 543 g/mol. The molecule has 38 heavy (non-hydrogen) atoms. The summed E-state index contributed by atoms with van der Waals surface area (Å²) in [6, 6.07) is -1.24. The van der Waals surface area contributed by atoms with Crippen molar-refractivity contribution >= 4 is 5.96 Å². The second-order valence-electron chi connectivity index (χ2n) is 12.6. The van der Waals surface area contributed by atoms with Crippen molar-refractivity contribution in [1.82, 2.24) is 36.0 Å². The van der Waals surface area contributed by atoms with E-state index in [-0.39, 0.29) is 48.8 Å². The molecule has 9 nitrogen and oxygen atoms in total. The van der Waals surface area contributed by atoms with Crippen molar-refractivity contribution < 1.29 is 17.9 Å². The molecule has 6 rings (SSSR count). The maximum Gasteiger partial charge on any atom is 0.405 e. The SMILES string of the molecule is COC1NCCCC1C1NCC2C(N1)N(C1(C3CCC(C4NC(C(F)(F)F)CN4C)CC3)CC1)C(=N)N2C. The van der Waals surface area contributed by atoms with Crippen LogP contribution >= 0.6 is 0 Å². The van der Waals surface area contributed by atoms with E-state index in [2.05, 4.69) is 31.1 Å². The first-order valence-electron chi connectivity index (χ1n) is 14.5. The summed E-state index contributed by atoms with van der Waals surface area (Å²) in [5.74, 6) is 1.62. The van der Waals surface area contributed by atoms with Crippen molar-refractivity contribution in [1.29, 1.82) is 5.41 Å². The van der Waals surface area contributed by atoms with Crippen LogP contribution in [0.1, 0.15) is 51.4 Å². The molecule has 7 unspecified atom stereocenters. The Morgan fingerprint density at radius 2 is 1.74 bits per heavy atom. The van der Waals surface area contributed by atoms with Crippen molar-refractivity contribution in [2.24, 2.45) is 17.8 Å². The molecule has 6 aliphatic rings. The monoisotopic (exact) mass is 542 g/mol. The smallest absolute Gasteiger partial charge is 0.366 e. The number of alkyl halides is 3. The summed E-state index contributed by atoms with van der Waals surface area (Å²) in [6.45, 7) is 1.83. The standard InChI is InChI=1S/C26H45F3N8O/c1-35-14-19(26(27,28)29)33-21(35)15-6-8-16(9-7-15)25(10-11-25)37-22-18(36(2)24(37)30)13-32-20(34-22)17-5-4-12-31-23(17)38-3/h15-23,30-34H,4-14H2,1-3H3. The van der Waals surface area contributed by atoms with E-state index in [1.807, 2.05) is 19.0 Å². The number of hydrogen-bond acceptors (Lipinski definition) is 7. The largest absolute Gasteiger partial charge is 0.405 e. The molecule has 0 aromatic heterocycles. The van der Waals surface area contributed by atoms with Crippen LogP contribution in [0.3, 0.4) is 0 Å². The van der Waals surface area contributed by atoms with Crippen molar-refractivity contribution in [3.63, 3.8) is 0 Å². The van der Waals surface area contributed by atoms with Crippen LogP contribution in [0.2, 0.25) is 0 Å². The second kappa shape index (κ2) is 10.0. The molecule has 0 spiro atoms. The Kier molecular flexibility index (Phi) is 7.13. The molecule has 6 fully saturated rings. The van der Waals surface area contributed by atoms with Gasteiger partial charge in [-0.05, 0) is 76.8 Å². The summed E-state index contributed by atoms with van der Waals surface area (Å²) in [4.78, 5) is 6.38. The average Bonchev–Trinajstić information content (AvgIpc) is 3.54. The lowest BCUT2D eigenvalue weighted by Crippen LogP contribution is -2.70. The lowest BCUT2D eigenvalue weighted by Gasteiger charge is -2.48. The molecule has 0 radical (unpaired) electrons. The third-order valence-corrected chi connectivity index (χ3v) is 10.7. The lowest BCUT2D eigenvalue weighted by atomic mass is 9.75. The van der Waals surface area contributed by atoms with Crippen molar-refractivity contribution in [3.8, 4) is 0 Å². The highest BCUT2D eigenvalue weighted by Crippen LogP contribution is 2.56. The van der Waals surface area contributed by atoms with E-state index in [1.165, 1.54) is 0 Å². The van der Waals surface area contributed by atoms with Crippen LogP contribution in [0.15, 0.2) is 0 Å². The highest BCUT2D eigenvalue weighted by molar-refractivity contribution is 5.81. The number of ether oxygens (including phenoxy) is 1. The van der Waals surface area contributed by atoms with Gasteiger partial charge in [0.25, 0.3) is 0 Å². The van der Waals surface area contributed by atoms with Gasteiger partial charge >= 0.3 is 6.18 Å². The van der Waals surface area contributed by atoms with E-state index in [0.29, 0.717) is 17.8 Å². The van der Waals surface area contributed by atoms with Crippen LogP contribution in [0.25, 0.3) is 0 Å². The number of likely N-dealkylation sites (N-methyl/N-ethyl adjacent to an activating group) is 2. The number of hydrogen-bond donors (Lipinski definition) is 5. The molecule has 4 saturated heterocycles. The molecule has 0 amide bonds. The highest BCUT2D eigenvalue weighted by atomic mass is 19.4. The van der Waals surface area contributed by atoms with Gasteiger partial charge < -0.3 is 14.5 Å². The molecule has 0 bridgehead atoms. The minimum absolute atomic E-state index is 0.0143. The maximum atomic E-state index is 13.3. The fraction of sp³-hybridized carbons (Fsp3) is 0.962. The topological polar surface area (TPSA) is 90.9 Å². The molecule has 4 heterocycles. The highest BCUT2D eigenvalue weighted by Gasteiger charge is 2.62. The fourth-order valence-electron chi connectivity index (χ4n) is 8.44. The van der Waals surface area contributed by atoms with E-state index >= 15 is 0 Å². The van der Waals surface area contributed by atoms with Crippen LogP contribution in [-0.4, -0.2) is 110 Å². The first kappa shape index (κ1) is 27.0. The van der Waals surface area contributed by atoms with Gasteiger partial charge in [0.1, 0.15) is 18.4 Å². The number of piperidine rings is 1. The van der Waals surface area contributed by atoms with Gasteiger partial charge in [-0.25, -0.2) is 0 Å². The van der Waals surface area contributed by atoms with Gasteiger partial charge in [0.15, 0.2) is 5.96 Å². The van der Waals surface area contributed by atoms with Crippen LogP contribution in [0, 0.1) is 23.2 Å². The molecular weight excluding hydrogens is 497 g/mol. The number of guanidine groups is 1. The molecule has 2 aliphatic carbocycles. The van der Waals surface area contributed by atoms with Crippen molar-refractivity contribution in [3.05, 3.63) is 0 Å². The molecule has 5 N–H and O–H groups in total. The Morgan fingerprint density at radius 1 is 1.00 bits per heavy atom. The van der Waals surface area contributed by atoms with Crippen LogP contribution in [0.5, 0.6) is 0 Å². The molecular formula is C26H45F3N8O. The first-order valence-corrected chi connectivity index (χ1v) is 14.5. The molecule has 0 aromatic carbocycles. The van der Waals surface area contributed by atoms with E-state index in [9.17, 15) is 13.2 Å². The minimum atomic E-state index is -4.20. The summed E-state index contributed by atoms with van der Waals surface area (Å²) < 4.78 is 45.7. The lowest BCUT2D eigenvalue weighted by molar-refractivity contribution is -0.150. The van der Waals surface area contributed by atoms with Crippen LogP contribution < -0.4 is 21.3 Å². The first-order chi connectivity index (χ1) is 18.1. The van der Waals surface area contributed by atoms with Gasteiger partial charge in [0, 0.05) is 38.7 Å². The Hall–Kier alpha value is -1.18. The van der Waals surface area contributed by atoms with Crippen LogP contribution in [-0.2, 0) is 4.74 Å². The number of rotatable bonds is 5. The van der Waals surface area contributed by atoms with Gasteiger partial charge in [-0.1, -0.05) is 0 Å². The number of nitrogens with zero attached hydrogens (tertiary/aromatic N) is 3. The zero-order chi connectivity index (χ0) is 26.8. The van der Waals surface area contributed by atoms with E-state index < -0.39 is 12.2 Å². The third kappa shape index (κ3) is 4.52. The quantitative estimate of drug-likeness (QED) is 0.357. The summed E-state index contributed by atoms with van der Waals surface area (Å²) in [6.07, 6.45) is 4.09. The number of methoxy groups -OCH3 is 1. The van der Waals surface area contributed by atoms with E-state index in [1.54, 1.807) is 7.11 Å². The van der Waals surface area contributed by atoms with Crippen molar-refractivity contribution in [2.75, 3.05) is 40.8 Å². The molecule has 216 valence electrons. The Bertz CT molecular complexity index is 879. The predicted octanol–water partition coefficient (Wildman–Crippen LogP) is 1.49. The molecule has 4 aliphatic heterocycles. The van der Waals surface area contributed by atoms with E-state index in [4.69, 9.17) is 10.1 Å². The molecule has 7 atom stereocenters. The Labute approximate surface area is 224 Å². The maximum absolute atomic E-state index is 13.3. The van der Waals surface area contributed by atoms with E-state index in [0.717, 1.165) is 64.5 Å². The Morgan fingerprint density at radius 3 is 2.37 bits per heavy atom. The summed E-state index contributed by atoms with van der Waals surface area (Å²) in [5.41, 5.74) is -0.0143. The zero-order valence-corrected chi connectivity index (χ0v) is 22.9. The van der Waals surface area contributed by atoms with Gasteiger partial charge in [-0.15, -0.1) is 0 Å². The normalized spacial score (nSPS) is 43.9. The van der Waals surface area contributed by atoms with Gasteiger partial charge in [-0.3, -0.25) is 31.6 Å². The number of fused-ring (bicyclic) bond motifs is 1. The van der Waals surface area contributed by atoms with Crippen LogP contribution in [0.4, 0.5) is 13.2 Å². The second-order valence-corrected chi connectivity index (χ2v) is 12.6. The van der Waals surface area contributed by atoms with Gasteiger partial charge in [-0.2, -0.15) is 13.2 Å². The summed E-state index contributed by atoms with van der Waals surface area (Å²) >= 11 is 0.